The van der Waals surface area contributed by atoms with Crippen LogP contribution in [-0.4, -0.2) is 12.7 Å². The van der Waals surface area contributed by atoms with E-state index in [0.29, 0.717) is 12.0 Å². The van der Waals surface area contributed by atoms with Gasteiger partial charge in [0.25, 0.3) is 0 Å². The van der Waals surface area contributed by atoms with Crippen LogP contribution in [0.25, 0.3) is 0 Å². The van der Waals surface area contributed by atoms with Gasteiger partial charge in [-0.2, -0.15) is 0 Å². The van der Waals surface area contributed by atoms with E-state index < -0.39 is 0 Å². The van der Waals surface area contributed by atoms with E-state index in [1.165, 1.54) is 70.6 Å². The van der Waals surface area contributed by atoms with Crippen LogP contribution in [0.5, 0.6) is 0 Å². The van der Waals surface area contributed by atoms with Crippen molar-refractivity contribution < 1.29 is 4.74 Å². The average molecular weight is 349 g/mol. The zero-order chi connectivity index (χ0) is 18.1. The van der Waals surface area contributed by atoms with E-state index in [9.17, 15) is 0 Å². The number of rotatable bonds is 9. The highest BCUT2D eigenvalue weighted by molar-refractivity contribution is 4.99. The third-order valence-corrected chi connectivity index (χ3v) is 7.30. The molecule has 0 saturated heterocycles. The Labute approximate surface area is 158 Å². The van der Waals surface area contributed by atoms with Crippen molar-refractivity contribution >= 4 is 0 Å². The molecule has 2 fully saturated rings. The van der Waals surface area contributed by atoms with E-state index in [1.54, 1.807) is 0 Å². The lowest BCUT2D eigenvalue weighted by Gasteiger charge is -2.39. The lowest BCUT2D eigenvalue weighted by Crippen LogP contribution is -2.36. The smallest absolute Gasteiger partial charge is 0.0603 e. The molecule has 1 heteroatoms. The molecule has 146 valence electrons. The predicted molar refractivity (Wildman–Crippen MR) is 110 cm³/mol. The van der Waals surface area contributed by atoms with Gasteiger partial charge in [-0.05, 0) is 74.5 Å². The van der Waals surface area contributed by atoms with Crippen LogP contribution in [0.2, 0.25) is 0 Å². The van der Waals surface area contributed by atoms with Crippen LogP contribution in [0, 0.1) is 29.6 Å². The summed E-state index contributed by atoms with van der Waals surface area (Å²) < 4.78 is 6.26. The standard InChI is InChI=1S/C24H44O/c1-5-7-8-9-18-25-24-17-16-23(19(3)20(24)4)15-14-22-12-10-21(6-2)11-13-22/h14-15,19-24H,5-13,16-18H2,1-4H3. The van der Waals surface area contributed by atoms with Crippen molar-refractivity contribution in [2.24, 2.45) is 29.6 Å². The lowest BCUT2D eigenvalue weighted by molar-refractivity contribution is -0.0353. The third-order valence-electron chi connectivity index (χ3n) is 7.30. The summed E-state index contributed by atoms with van der Waals surface area (Å²) >= 11 is 0. The number of hydrogen-bond acceptors (Lipinski definition) is 1. The van der Waals surface area contributed by atoms with Gasteiger partial charge in [-0.15, -0.1) is 0 Å². The van der Waals surface area contributed by atoms with Crippen LogP contribution in [0.4, 0.5) is 0 Å². The van der Waals surface area contributed by atoms with Crippen LogP contribution in [0.1, 0.15) is 98.3 Å². The molecule has 0 spiro atoms. The number of unbranched alkanes of at least 4 members (excludes halogenated alkanes) is 3. The van der Waals surface area contributed by atoms with E-state index in [0.717, 1.165) is 30.3 Å². The largest absolute Gasteiger partial charge is 0.378 e. The van der Waals surface area contributed by atoms with Crippen molar-refractivity contribution in [2.75, 3.05) is 6.61 Å². The molecule has 25 heavy (non-hydrogen) atoms. The van der Waals surface area contributed by atoms with Gasteiger partial charge in [-0.25, -0.2) is 0 Å². The van der Waals surface area contributed by atoms with Crippen molar-refractivity contribution in [3.63, 3.8) is 0 Å². The third kappa shape index (κ3) is 6.74. The Kier molecular flexibility index (Phi) is 9.60. The molecular weight excluding hydrogens is 304 g/mol. The second-order valence-electron chi connectivity index (χ2n) is 9.00. The van der Waals surface area contributed by atoms with Crippen molar-refractivity contribution in [1.29, 1.82) is 0 Å². The minimum absolute atomic E-state index is 0.501. The van der Waals surface area contributed by atoms with Crippen LogP contribution < -0.4 is 0 Å². The van der Waals surface area contributed by atoms with Crippen LogP contribution in [0.15, 0.2) is 12.2 Å². The van der Waals surface area contributed by atoms with Gasteiger partial charge in [0, 0.05) is 6.61 Å². The maximum Gasteiger partial charge on any atom is 0.0603 e. The molecule has 0 amide bonds. The summed E-state index contributed by atoms with van der Waals surface area (Å²) in [4.78, 5) is 0. The van der Waals surface area contributed by atoms with Crippen molar-refractivity contribution in [3.8, 4) is 0 Å². The molecule has 4 unspecified atom stereocenters. The summed E-state index contributed by atoms with van der Waals surface area (Å²) in [7, 11) is 0. The highest BCUT2D eigenvalue weighted by atomic mass is 16.5. The van der Waals surface area contributed by atoms with E-state index in [1.807, 2.05) is 0 Å². The van der Waals surface area contributed by atoms with Crippen molar-refractivity contribution in [1.82, 2.24) is 0 Å². The van der Waals surface area contributed by atoms with Crippen LogP contribution >= 0.6 is 0 Å². The Bertz CT molecular complexity index is 366. The highest BCUT2D eigenvalue weighted by Gasteiger charge is 2.33. The first-order valence-corrected chi connectivity index (χ1v) is 11.5. The molecule has 2 aliphatic carbocycles. The Morgan fingerprint density at radius 1 is 0.800 bits per heavy atom. The number of ether oxygens (including phenoxy) is 1. The molecule has 2 rings (SSSR count). The summed E-state index contributed by atoms with van der Waals surface area (Å²) in [5, 5.41) is 0. The number of allylic oxidation sites excluding steroid dienone is 2. The molecule has 0 aromatic carbocycles. The fourth-order valence-corrected chi connectivity index (χ4v) is 4.97. The summed E-state index contributed by atoms with van der Waals surface area (Å²) in [5.41, 5.74) is 0. The molecule has 0 aliphatic heterocycles. The molecule has 1 nitrogen and oxygen atoms in total. The predicted octanol–water partition coefficient (Wildman–Crippen LogP) is 7.41. The maximum absolute atomic E-state index is 6.26. The quantitative estimate of drug-likeness (QED) is 0.311. The molecule has 0 N–H and O–H groups in total. The molecule has 0 heterocycles. The summed E-state index contributed by atoms with van der Waals surface area (Å²) in [6.45, 7) is 10.5. The Hall–Kier alpha value is -0.300. The molecule has 2 saturated carbocycles. The first-order valence-electron chi connectivity index (χ1n) is 11.5. The van der Waals surface area contributed by atoms with Crippen LogP contribution in [-0.2, 0) is 4.74 Å². The molecule has 0 aromatic heterocycles. The van der Waals surface area contributed by atoms with E-state index in [2.05, 4.69) is 39.8 Å². The minimum Gasteiger partial charge on any atom is -0.378 e. The van der Waals surface area contributed by atoms with E-state index in [-0.39, 0.29) is 0 Å². The molecule has 0 aromatic rings. The molecular formula is C24H44O. The van der Waals surface area contributed by atoms with Crippen LogP contribution in [0.3, 0.4) is 0 Å². The van der Waals surface area contributed by atoms with E-state index >= 15 is 0 Å². The second-order valence-corrected chi connectivity index (χ2v) is 9.00. The average Bonchev–Trinajstić information content (AvgIpc) is 2.64. The monoisotopic (exact) mass is 348 g/mol. The van der Waals surface area contributed by atoms with Gasteiger partial charge in [0.1, 0.15) is 0 Å². The summed E-state index contributed by atoms with van der Waals surface area (Å²) in [6, 6.07) is 0. The van der Waals surface area contributed by atoms with Gasteiger partial charge in [0.05, 0.1) is 6.10 Å². The first-order chi connectivity index (χ1) is 12.2. The normalized spacial score (nSPS) is 36.8. The highest BCUT2D eigenvalue weighted by Crippen LogP contribution is 2.38. The fourth-order valence-electron chi connectivity index (χ4n) is 4.97. The maximum atomic E-state index is 6.26. The fraction of sp³-hybridized carbons (Fsp3) is 0.917. The van der Waals surface area contributed by atoms with Crippen molar-refractivity contribution in [2.45, 2.75) is 104 Å². The zero-order valence-corrected chi connectivity index (χ0v) is 17.5. The Morgan fingerprint density at radius 3 is 2.24 bits per heavy atom. The summed E-state index contributed by atoms with van der Waals surface area (Å²) in [5.74, 6) is 4.10. The Morgan fingerprint density at radius 2 is 1.56 bits per heavy atom. The van der Waals surface area contributed by atoms with E-state index in [4.69, 9.17) is 4.74 Å². The topological polar surface area (TPSA) is 9.23 Å². The molecule has 0 bridgehead atoms. The first kappa shape index (κ1) is 21.0. The van der Waals surface area contributed by atoms with Crippen molar-refractivity contribution in [3.05, 3.63) is 12.2 Å². The van der Waals surface area contributed by atoms with Gasteiger partial charge >= 0.3 is 0 Å². The van der Waals surface area contributed by atoms with Gasteiger partial charge in [-0.3, -0.25) is 0 Å². The number of hydrogen-bond donors (Lipinski definition) is 0. The van der Waals surface area contributed by atoms with Gasteiger partial charge in [0.15, 0.2) is 0 Å². The molecule has 4 atom stereocenters. The lowest BCUT2D eigenvalue weighted by atomic mass is 9.71. The zero-order valence-electron chi connectivity index (χ0n) is 17.5. The second kappa shape index (κ2) is 11.4. The van der Waals surface area contributed by atoms with Gasteiger partial charge < -0.3 is 4.74 Å². The Balaban J connectivity index is 1.71. The SMILES string of the molecule is CCCCCCOC1CCC(C=CC2CCC(CC)CC2)C(C)C1C. The molecule has 2 aliphatic rings. The minimum atomic E-state index is 0.501. The summed E-state index contributed by atoms with van der Waals surface area (Å²) in [6.07, 6.45) is 20.7. The molecule has 0 radical (unpaired) electrons. The van der Waals surface area contributed by atoms with Gasteiger partial charge in [-0.1, -0.05) is 65.5 Å². The van der Waals surface area contributed by atoms with Gasteiger partial charge in [0.2, 0.25) is 0 Å².